The number of hydrogen-bond acceptors (Lipinski definition) is 6. The fourth-order valence-corrected chi connectivity index (χ4v) is 5.27. The molecule has 38 heavy (non-hydrogen) atoms. The third-order valence-corrected chi connectivity index (χ3v) is 7.04. The summed E-state index contributed by atoms with van der Waals surface area (Å²) < 4.78 is 14.1. The summed E-state index contributed by atoms with van der Waals surface area (Å²) in [5.74, 6) is 0.266. The van der Waals surface area contributed by atoms with Crippen LogP contribution in [0.5, 0.6) is 0 Å². The lowest BCUT2D eigenvalue weighted by molar-refractivity contribution is 0.331. The third kappa shape index (κ3) is 4.10. The predicted octanol–water partition coefficient (Wildman–Crippen LogP) is 5.67. The second kappa shape index (κ2) is 9.11. The van der Waals surface area contributed by atoms with Crippen LogP contribution in [0, 0.1) is 12.7 Å². The number of aromatic amines is 2. The molecular weight excluding hydrogens is 479 g/mol. The number of nitrogens with zero attached hydrogens (tertiary/aromatic N) is 6. The van der Waals surface area contributed by atoms with Crippen LogP contribution in [0.25, 0.3) is 56.1 Å². The molecule has 0 spiro atoms. The van der Waals surface area contributed by atoms with Gasteiger partial charge in [-0.25, -0.2) is 14.4 Å². The van der Waals surface area contributed by atoms with Crippen molar-refractivity contribution in [1.82, 2.24) is 40.0 Å². The van der Waals surface area contributed by atoms with Crippen molar-refractivity contribution in [2.75, 3.05) is 13.1 Å². The maximum absolute atomic E-state index is 14.1. The van der Waals surface area contributed by atoms with Gasteiger partial charge in [0.1, 0.15) is 16.9 Å². The van der Waals surface area contributed by atoms with Gasteiger partial charge in [0.15, 0.2) is 11.5 Å². The topological polar surface area (TPSA) is 99.3 Å². The molecule has 9 heteroatoms. The van der Waals surface area contributed by atoms with Crippen molar-refractivity contribution in [2.24, 2.45) is 0 Å². The molecule has 7 rings (SSSR count). The van der Waals surface area contributed by atoms with E-state index in [2.05, 4.69) is 36.1 Å². The Morgan fingerprint density at radius 3 is 2.63 bits per heavy atom. The number of nitrogens with one attached hydrogen (secondary N) is 2. The normalized spacial score (nSPS) is 14.2. The molecule has 1 fully saturated rings. The summed E-state index contributed by atoms with van der Waals surface area (Å²) in [4.78, 5) is 24.6. The van der Waals surface area contributed by atoms with E-state index in [0.717, 1.165) is 47.5 Å². The molecule has 1 aliphatic heterocycles. The van der Waals surface area contributed by atoms with Gasteiger partial charge in [0.05, 0.1) is 22.4 Å². The summed E-state index contributed by atoms with van der Waals surface area (Å²) in [6, 6.07) is 12.9. The molecule has 0 bridgehead atoms. The molecule has 5 aromatic heterocycles. The van der Waals surface area contributed by atoms with Crippen LogP contribution in [0.3, 0.4) is 0 Å². The number of benzene rings is 1. The van der Waals surface area contributed by atoms with Crippen molar-refractivity contribution < 1.29 is 4.39 Å². The first-order valence-electron chi connectivity index (χ1n) is 12.8. The minimum atomic E-state index is -0.302. The average Bonchev–Trinajstić information content (AvgIpc) is 3.67. The van der Waals surface area contributed by atoms with Crippen LogP contribution < -0.4 is 0 Å². The molecule has 6 heterocycles. The highest BCUT2D eigenvalue weighted by atomic mass is 19.1. The highest BCUT2D eigenvalue weighted by Crippen LogP contribution is 2.31. The van der Waals surface area contributed by atoms with Crippen LogP contribution in [0.1, 0.15) is 24.0 Å². The summed E-state index contributed by atoms with van der Waals surface area (Å²) in [5, 5.41) is 7.60. The van der Waals surface area contributed by atoms with Gasteiger partial charge in [-0.15, -0.1) is 0 Å². The molecule has 6 aromatic rings. The number of rotatable bonds is 5. The Hall–Kier alpha value is -4.50. The van der Waals surface area contributed by atoms with E-state index in [4.69, 9.17) is 9.97 Å². The van der Waals surface area contributed by atoms with Crippen molar-refractivity contribution in [3.05, 3.63) is 78.0 Å². The Labute approximate surface area is 218 Å². The van der Waals surface area contributed by atoms with Crippen molar-refractivity contribution >= 4 is 22.1 Å². The Morgan fingerprint density at radius 1 is 0.895 bits per heavy atom. The number of H-pyrrole nitrogens is 2. The largest absolute Gasteiger partial charge is 0.336 e. The first-order chi connectivity index (χ1) is 18.6. The fourth-order valence-electron chi connectivity index (χ4n) is 5.27. The van der Waals surface area contributed by atoms with E-state index in [0.29, 0.717) is 33.8 Å². The van der Waals surface area contributed by atoms with Gasteiger partial charge in [-0.1, -0.05) is 0 Å². The first kappa shape index (κ1) is 22.7. The molecule has 1 aliphatic rings. The number of pyridine rings is 3. The van der Waals surface area contributed by atoms with Crippen molar-refractivity contribution in [3.63, 3.8) is 0 Å². The Morgan fingerprint density at radius 2 is 1.76 bits per heavy atom. The smallest absolute Gasteiger partial charge is 0.161 e. The lowest BCUT2D eigenvalue weighted by Crippen LogP contribution is -2.18. The van der Waals surface area contributed by atoms with E-state index >= 15 is 0 Å². The Bertz CT molecular complexity index is 1780. The van der Waals surface area contributed by atoms with Crippen LogP contribution in [0.15, 0.2) is 61.1 Å². The SMILES string of the molecule is Cc1cc(F)cc(-c2nccc3[nH]c(-c4n[nH]c5ccc(-c6cncc(CN7CCCC7)c6)nc45)nc23)c1. The van der Waals surface area contributed by atoms with Crippen LogP contribution in [-0.4, -0.2) is 53.1 Å². The van der Waals surface area contributed by atoms with E-state index < -0.39 is 0 Å². The average molecular weight is 505 g/mol. The maximum atomic E-state index is 14.1. The zero-order valence-corrected chi connectivity index (χ0v) is 20.9. The molecule has 0 aliphatic carbocycles. The van der Waals surface area contributed by atoms with Crippen molar-refractivity contribution in [1.29, 1.82) is 0 Å². The summed E-state index contributed by atoms with van der Waals surface area (Å²) in [7, 11) is 0. The second-order valence-corrected chi connectivity index (χ2v) is 9.89. The zero-order chi connectivity index (χ0) is 25.6. The maximum Gasteiger partial charge on any atom is 0.161 e. The molecule has 0 saturated carbocycles. The standard InChI is InChI=1S/C29H25FN8/c1-17-10-19(13-21(30)11-17)25-26-23(6-7-32-25)34-29(35-26)28-27-24(36-37-28)5-4-22(33-27)20-12-18(14-31-15-20)16-38-8-2-3-9-38/h4-7,10-15H,2-3,8-9,16H2,1H3,(H,34,35)(H,36,37). The van der Waals surface area contributed by atoms with E-state index in [1.807, 2.05) is 43.6 Å². The molecule has 1 saturated heterocycles. The number of halogens is 1. The number of aromatic nitrogens is 7. The molecule has 2 N–H and O–H groups in total. The second-order valence-electron chi connectivity index (χ2n) is 9.89. The highest BCUT2D eigenvalue weighted by molar-refractivity contribution is 5.95. The fraction of sp³-hybridized carbons (Fsp3) is 0.207. The summed E-state index contributed by atoms with van der Waals surface area (Å²) >= 11 is 0. The minimum absolute atomic E-state index is 0.302. The minimum Gasteiger partial charge on any atom is -0.336 e. The van der Waals surface area contributed by atoms with Crippen LogP contribution in [0.2, 0.25) is 0 Å². The molecule has 0 amide bonds. The molecule has 8 nitrogen and oxygen atoms in total. The van der Waals surface area contributed by atoms with Gasteiger partial charge in [-0.2, -0.15) is 5.10 Å². The van der Waals surface area contributed by atoms with Crippen molar-refractivity contribution in [3.8, 4) is 34.0 Å². The van der Waals surface area contributed by atoms with Crippen LogP contribution >= 0.6 is 0 Å². The van der Waals surface area contributed by atoms with Gasteiger partial charge in [0, 0.05) is 36.3 Å². The lowest BCUT2D eigenvalue weighted by atomic mass is 10.1. The van der Waals surface area contributed by atoms with Gasteiger partial charge >= 0.3 is 0 Å². The Balaban J connectivity index is 1.28. The molecule has 0 unspecified atom stereocenters. The highest BCUT2D eigenvalue weighted by Gasteiger charge is 2.18. The summed E-state index contributed by atoms with van der Waals surface area (Å²) in [6.07, 6.45) is 8.00. The van der Waals surface area contributed by atoms with E-state index in [1.165, 1.54) is 30.5 Å². The van der Waals surface area contributed by atoms with Crippen LogP contribution in [-0.2, 0) is 6.54 Å². The number of imidazole rings is 1. The number of fused-ring (bicyclic) bond motifs is 2. The Kier molecular flexibility index (Phi) is 5.44. The molecular formula is C29H25FN8. The van der Waals surface area contributed by atoms with E-state index in [-0.39, 0.29) is 5.82 Å². The van der Waals surface area contributed by atoms with Gasteiger partial charge < -0.3 is 4.98 Å². The predicted molar refractivity (Wildman–Crippen MR) is 145 cm³/mol. The lowest BCUT2D eigenvalue weighted by Gasteiger charge is -2.14. The summed E-state index contributed by atoms with van der Waals surface area (Å²) in [6.45, 7) is 5.04. The van der Waals surface area contributed by atoms with Crippen LogP contribution in [0.4, 0.5) is 4.39 Å². The van der Waals surface area contributed by atoms with Crippen molar-refractivity contribution in [2.45, 2.75) is 26.3 Å². The first-order valence-corrected chi connectivity index (χ1v) is 12.8. The molecule has 1 aromatic carbocycles. The zero-order valence-electron chi connectivity index (χ0n) is 20.9. The molecule has 0 atom stereocenters. The summed E-state index contributed by atoms with van der Waals surface area (Å²) in [5.41, 5.74) is 8.66. The molecule has 0 radical (unpaired) electrons. The number of hydrogen-bond donors (Lipinski definition) is 2. The monoisotopic (exact) mass is 504 g/mol. The van der Waals surface area contributed by atoms with Gasteiger partial charge in [-0.05, 0) is 86.4 Å². The number of aryl methyl sites for hydroxylation is 1. The quantitative estimate of drug-likeness (QED) is 0.314. The van der Waals surface area contributed by atoms with Gasteiger partial charge in [0.2, 0.25) is 0 Å². The number of likely N-dealkylation sites (tertiary alicyclic amines) is 1. The van der Waals surface area contributed by atoms with E-state index in [9.17, 15) is 4.39 Å². The molecule has 188 valence electrons. The van der Waals surface area contributed by atoms with Gasteiger partial charge in [-0.3, -0.25) is 20.0 Å². The van der Waals surface area contributed by atoms with E-state index in [1.54, 1.807) is 6.20 Å². The van der Waals surface area contributed by atoms with Gasteiger partial charge in [0.25, 0.3) is 0 Å². The third-order valence-electron chi connectivity index (χ3n) is 7.04.